The zero-order valence-electron chi connectivity index (χ0n) is 16.5. The fourth-order valence-corrected chi connectivity index (χ4v) is 1.70. The summed E-state index contributed by atoms with van der Waals surface area (Å²) in [5.41, 5.74) is -2.26. The normalized spacial score (nSPS) is 14.0. The molecule has 0 aliphatic carbocycles. The molecule has 0 bridgehead atoms. The smallest absolute Gasteiger partial charge is 0.399 e. The molecule has 0 spiro atoms. The molecule has 0 unspecified atom stereocenters. The molecular formula is C18H32BNO4. The van der Waals surface area contributed by atoms with Gasteiger partial charge in [0.25, 0.3) is 0 Å². The molecule has 5 nitrogen and oxygen atoms in total. The fourth-order valence-electron chi connectivity index (χ4n) is 1.70. The average Bonchev–Trinajstić information content (AvgIpc) is 2.34. The van der Waals surface area contributed by atoms with Crippen molar-refractivity contribution in [1.29, 1.82) is 0 Å². The van der Waals surface area contributed by atoms with E-state index in [1.54, 1.807) is 33.9 Å². The maximum atomic E-state index is 10.4. The van der Waals surface area contributed by atoms with E-state index in [1.807, 2.05) is 46.8 Å². The van der Waals surface area contributed by atoms with Crippen molar-refractivity contribution < 1.29 is 19.5 Å². The van der Waals surface area contributed by atoms with Gasteiger partial charge in [-0.2, -0.15) is 0 Å². The summed E-state index contributed by atoms with van der Waals surface area (Å²) < 4.78 is 12.3. The molecule has 0 saturated heterocycles. The van der Waals surface area contributed by atoms with Gasteiger partial charge in [-0.3, -0.25) is 4.98 Å². The van der Waals surface area contributed by atoms with Crippen molar-refractivity contribution in [3.8, 4) is 0 Å². The van der Waals surface area contributed by atoms with Crippen LogP contribution in [-0.4, -0.2) is 44.7 Å². The van der Waals surface area contributed by atoms with Crippen molar-refractivity contribution >= 4 is 12.6 Å². The van der Waals surface area contributed by atoms with Gasteiger partial charge in [0.2, 0.25) is 0 Å². The predicted molar refractivity (Wildman–Crippen MR) is 97.3 cm³/mol. The van der Waals surface area contributed by atoms with Crippen LogP contribution in [0.15, 0.2) is 18.3 Å². The maximum Gasteiger partial charge on any atom is 0.494 e. The molecule has 1 heterocycles. The molecule has 0 aliphatic rings. The topological polar surface area (TPSA) is 71.8 Å². The number of aliphatic hydroxyl groups is 2. The van der Waals surface area contributed by atoms with Gasteiger partial charge in [-0.15, -0.1) is 0 Å². The Hall–Kier alpha value is -0.945. The van der Waals surface area contributed by atoms with Crippen LogP contribution in [0.4, 0.5) is 0 Å². The van der Waals surface area contributed by atoms with Crippen LogP contribution in [0.5, 0.6) is 0 Å². The molecule has 0 saturated carbocycles. The molecule has 0 atom stereocenters. The Labute approximate surface area is 146 Å². The number of aromatic nitrogens is 1. The van der Waals surface area contributed by atoms with Crippen LogP contribution in [0.1, 0.15) is 61.1 Å². The third-order valence-electron chi connectivity index (χ3n) is 4.94. The fraction of sp³-hybridized carbons (Fsp3) is 0.722. The van der Waals surface area contributed by atoms with E-state index in [9.17, 15) is 10.2 Å². The van der Waals surface area contributed by atoms with Crippen molar-refractivity contribution in [1.82, 2.24) is 4.98 Å². The van der Waals surface area contributed by atoms with E-state index in [-0.39, 0.29) is 0 Å². The summed E-state index contributed by atoms with van der Waals surface area (Å²) in [5, 5.41) is 20.8. The molecule has 0 aliphatic heterocycles. The van der Waals surface area contributed by atoms with Gasteiger partial charge in [0.15, 0.2) is 0 Å². The third-order valence-corrected chi connectivity index (χ3v) is 4.94. The maximum absolute atomic E-state index is 10.4. The molecule has 136 valence electrons. The highest BCUT2D eigenvalue weighted by molar-refractivity contribution is 6.61. The van der Waals surface area contributed by atoms with E-state index >= 15 is 0 Å². The Balaban J connectivity index is 3.23. The first-order valence-electron chi connectivity index (χ1n) is 8.30. The minimum atomic E-state index is -1.07. The molecule has 0 aromatic carbocycles. The first-order valence-corrected chi connectivity index (χ1v) is 8.30. The Morgan fingerprint density at radius 3 is 1.62 bits per heavy atom. The second kappa shape index (κ2) is 6.75. The van der Waals surface area contributed by atoms with Gasteiger partial charge in [0, 0.05) is 11.9 Å². The van der Waals surface area contributed by atoms with Crippen LogP contribution in [-0.2, 0) is 9.31 Å². The van der Waals surface area contributed by atoms with E-state index < -0.39 is 29.5 Å². The Kier molecular flexibility index (Phi) is 5.94. The minimum Gasteiger partial charge on any atom is -0.399 e. The van der Waals surface area contributed by atoms with Gasteiger partial charge in [0.05, 0.1) is 22.4 Å². The van der Waals surface area contributed by atoms with Gasteiger partial charge in [-0.25, -0.2) is 0 Å². The number of hydrogen-bond acceptors (Lipinski definition) is 5. The first-order chi connectivity index (χ1) is 10.6. The summed E-state index contributed by atoms with van der Waals surface area (Å²) in [6.45, 7) is 15.9. The van der Waals surface area contributed by atoms with Crippen LogP contribution in [0.25, 0.3) is 0 Å². The highest BCUT2D eigenvalue weighted by Gasteiger charge is 2.45. The Bertz CT molecular complexity index is 531. The lowest BCUT2D eigenvalue weighted by Gasteiger charge is -2.43. The van der Waals surface area contributed by atoms with Crippen LogP contribution in [0, 0.1) is 6.92 Å². The molecule has 1 aromatic heterocycles. The monoisotopic (exact) mass is 337 g/mol. The van der Waals surface area contributed by atoms with E-state index in [4.69, 9.17) is 9.31 Å². The Morgan fingerprint density at radius 2 is 1.29 bits per heavy atom. The molecule has 6 heteroatoms. The Morgan fingerprint density at radius 1 is 0.875 bits per heavy atom. The van der Waals surface area contributed by atoms with Gasteiger partial charge in [-0.1, -0.05) is 0 Å². The largest absolute Gasteiger partial charge is 0.494 e. The number of nitrogens with zero attached hydrogens (tertiary/aromatic N) is 1. The van der Waals surface area contributed by atoms with E-state index in [2.05, 4.69) is 4.98 Å². The van der Waals surface area contributed by atoms with Crippen molar-refractivity contribution in [2.45, 2.75) is 84.7 Å². The van der Waals surface area contributed by atoms with Crippen LogP contribution in [0.3, 0.4) is 0 Å². The predicted octanol–water partition coefficient (Wildman–Crippen LogP) is 2.22. The minimum absolute atomic E-state index is 0.755. The summed E-state index contributed by atoms with van der Waals surface area (Å²) >= 11 is 0. The van der Waals surface area contributed by atoms with E-state index in [0.29, 0.717) is 0 Å². The number of hydrogen-bond donors (Lipinski definition) is 2. The second-order valence-corrected chi connectivity index (χ2v) is 8.44. The van der Waals surface area contributed by atoms with Gasteiger partial charge < -0.3 is 19.5 Å². The number of rotatable bonds is 7. The average molecular weight is 337 g/mol. The molecule has 1 rings (SSSR count). The van der Waals surface area contributed by atoms with Crippen LogP contribution < -0.4 is 5.46 Å². The molecule has 2 N–H and O–H groups in total. The van der Waals surface area contributed by atoms with Gasteiger partial charge >= 0.3 is 7.12 Å². The van der Waals surface area contributed by atoms with Crippen LogP contribution >= 0.6 is 0 Å². The van der Waals surface area contributed by atoms with Crippen molar-refractivity contribution in [2.24, 2.45) is 0 Å². The van der Waals surface area contributed by atoms with Gasteiger partial charge in [-0.05, 0) is 79.9 Å². The molecule has 0 fully saturated rings. The summed E-state index contributed by atoms with van der Waals surface area (Å²) in [4.78, 5) is 4.20. The molecule has 24 heavy (non-hydrogen) atoms. The zero-order chi connectivity index (χ0) is 19.0. The highest BCUT2D eigenvalue weighted by atomic mass is 16.6. The SMILES string of the molecule is Cc1cc(B(OC(C)(C)C(C)(C)O)OC(C)(C)C(C)(C)O)ccn1. The van der Waals surface area contributed by atoms with Crippen LogP contribution in [0.2, 0.25) is 0 Å². The standard InChI is InChI=1S/C18H32BNO4/c1-13-12-14(10-11-20-13)19(23-17(6,7)15(2,3)21)24-18(8,9)16(4,5)22/h10-12,21-22H,1-9H3. The zero-order valence-corrected chi connectivity index (χ0v) is 16.5. The lowest BCUT2D eigenvalue weighted by molar-refractivity contribution is -0.131. The number of pyridine rings is 1. The summed E-state index contributed by atoms with van der Waals surface area (Å²) in [6.07, 6.45) is 1.69. The number of aryl methyl sites for hydroxylation is 1. The molecule has 1 aromatic rings. The van der Waals surface area contributed by atoms with Crippen molar-refractivity contribution in [3.63, 3.8) is 0 Å². The van der Waals surface area contributed by atoms with E-state index in [1.165, 1.54) is 0 Å². The second-order valence-electron chi connectivity index (χ2n) is 8.44. The first kappa shape index (κ1) is 21.1. The van der Waals surface area contributed by atoms with E-state index in [0.717, 1.165) is 11.2 Å². The lowest BCUT2D eigenvalue weighted by atomic mass is 9.74. The molecule has 0 radical (unpaired) electrons. The third kappa shape index (κ3) is 5.02. The quantitative estimate of drug-likeness (QED) is 0.747. The van der Waals surface area contributed by atoms with Crippen molar-refractivity contribution in [3.05, 3.63) is 24.0 Å². The molecule has 0 amide bonds. The summed E-state index contributed by atoms with van der Waals surface area (Å²) in [6, 6.07) is 3.70. The van der Waals surface area contributed by atoms with Gasteiger partial charge in [0.1, 0.15) is 0 Å². The van der Waals surface area contributed by atoms with Crippen molar-refractivity contribution in [2.75, 3.05) is 0 Å². The molecular weight excluding hydrogens is 305 g/mol. The summed E-state index contributed by atoms with van der Waals surface area (Å²) in [5.74, 6) is 0. The summed E-state index contributed by atoms with van der Waals surface area (Å²) in [7, 11) is -0.755. The highest BCUT2D eigenvalue weighted by Crippen LogP contribution is 2.30. The lowest BCUT2D eigenvalue weighted by Crippen LogP contribution is -2.58.